The highest BCUT2D eigenvalue weighted by molar-refractivity contribution is 6.36. The van der Waals surface area contributed by atoms with Gasteiger partial charge in [0.1, 0.15) is 7.85 Å². The van der Waals surface area contributed by atoms with Crippen molar-refractivity contribution in [3.63, 3.8) is 0 Å². The minimum atomic E-state index is 0.739. The molecule has 0 heterocycles. The van der Waals surface area contributed by atoms with Gasteiger partial charge < -0.3 is 0 Å². The smallest absolute Gasteiger partial charge is 0.0890 e. The largest absolute Gasteiger partial charge is 0.114 e. The van der Waals surface area contributed by atoms with Crippen molar-refractivity contribution < 1.29 is 0 Å². The molecule has 0 aliphatic heterocycles. The van der Waals surface area contributed by atoms with E-state index in [9.17, 15) is 0 Å². The Morgan fingerprint density at radius 1 is 0.857 bits per heavy atom. The van der Waals surface area contributed by atoms with Crippen molar-refractivity contribution in [1.29, 1.82) is 0 Å². The van der Waals surface area contributed by atoms with Crippen LogP contribution in [0.15, 0.2) is 48.5 Å². The molecule has 0 bridgehead atoms. The van der Waals surface area contributed by atoms with Crippen molar-refractivity contribution in [2.75, 3.05) is 0 Å². The SMILES string of the molecule is [B]c1ccccc1-c1ccc(Cl)cc1. The molecule has 0 saturated heterocycles. The highest BCUT2D eigenvalue weighted by Gasteiger charge is 1.99. The third-order valence-electron chi connectivity index (χ3n) is 2.12. The fourth-order valence-corrected chi connectivity index (χ4v) is 1.52. The normalized spacial score (nSPS) is 10.1. The van der Waals surface area contributed by atoms with E-state index in [1.165, 1.54) is 0 Å². The maximum atomic E-state index is 5.86. The van der Waals surface area contributed by atoms with Gasteiger partial charge in [-0.25, -0.2) is 0 Å². The van der Waals surface area contributed by atoms with Crippen LogP contribution >= 0.6 is 11.6 Å². The Hall–Kier alpha value is -1.21. The summed E-state index contributed by atoms with van der Waals surface area (Å²) in [5.74, 6) is 0. The molecule has 0 saturated carbocycles. The zero-order valence-corrected chi connectivity index (χ0v) is 8.33. The third kappa shape index (κ3) is 1.83. The van der Waals surface area contributed by atoms with E-state index < -0.39 is 0 Å². The van der Waals surface area contributed by atoms with Gasteiger partial charge in [0, 0.05) is 5.02 Å². The van der Waals surface area contributed by atoms with Crippen LogP contribution in [0.25, 0.3) is 11.1 Å². The minimum absolute atomic E-state index is 0.739. The van der Waals surface area contributed by atoms with Crippen LogP contribution in [0.3, 0.4) is 0 Å². The Kier molecular flexibility index (Phi) is 2.60. The summed E-state index contributed by atoms with van der Waals surface area (Å²) in [7, 11) is 5.86. The molecule has 0 aromatic heterocycles. The van der Waals surface area contributed by atoms with Crippen molar-refractivity contribution >= 4 is 24.9 Å². The van der Waals surface area contributed by atoms with E-state index >= 15 is 0 Å². The predicted octanol–water partition coefficient (Wildman–Crippen LogP) is 2.80. The van der Waals surface area contributed by atoms with Gasteiger partial charge in [-0.05, 0) is 23.3 Å². The lowest BCUT2D eigenvalue weighted by Gasteiger charge is -2.05. The van der Waals surface area contributed by atoms with Crippen molar-refractivity contribution in [2.45, 2.75) is 0 Å². The molecule has 2 aromatic rings. The molecular formula is C12H8BCl. The second-order valence-corrected chi connectivity index (χ2v) is 3.53. The molecule has 0 aliphatic rings. The predicted molar refractivity (Wildman–Crippen MR) is 62.3 cm³/mol. The molecular weight excluding hydrogens is 190 g/mol. The Morgan fingerprint density at radius 3 is 2.14 bits per heavy atom. The van der Waals surface area contributed by atoms with E-state index in [2.05, 4.69) is 0 Å². The van der Waals surface area contributed by atoms with Gasteiger partial charge in [0.05, 0.1) is 0 Å². The first-order valence-electron chi connectivity index (χ1n) is 4.38. The zero-order chi connectivity index (χ0) is 9.97. The molecule has 14 heavy (non-hydrogen) atoms. The molecule has 0 fully saturated rings. The van der Waals surface area contributed by atoms with Gasteiger partial charge >= 0.3 is 0 Å². The molecule has 2 heteroatoms. The Bertz CT molecular complexity index is 434. The lowest BCUT2D eigenvalue weighted by atomic mass is 9.87. The molecule has 0 amide bonds. The summed E-state index contributed by atoms with van der Waals surface area (Å²) < 4.78 is 0. The van der Waals surface area contributed by atoms with Gasteiger partial charge in [0.25, 0.3) is 0 Å². The minimum Gasteiger partial charge on any atom is -0.0890 e. The topological polar surface area (TPSA) is 0 Å². The van der Waals surface area contributed by atoms with Gasteiger partial charge in [-0.1, -0.05) is 53.5 Å². The van der Waals surface area contributed by atoms with Crippen LogP contribution in [0.5, 0.6) is 0 Å². The first-order chi connectivity index (χ1) is 6.77. The van der Waals surface area contributed by atoms with E-state index in [1.54, 1.807) is 0 Å². The second-order valence-electron chi connectivity index (χ2n) is 3.09. The van der Waals surface area contributed by atoms with E-state index in [-0.39, 0.29) is 0 Å². The molecule has 0 unspecified atom stereocenters. The molecule has 0 nitrogen and oxygen atoms in total. The van der Waals surface area contributed by atoms with Crippen LogP contribution in [0.4, 0.5) is 0 Å². The van der Waals surface area contributed by atoms with E-state index in [4.69, 9.17) is 19.4 Å². The van der Waals surface area contributed by atoms with E-state index in [1.807, 2.05) is 48.5 Å². The van der Waals surface area contributed by atoms with Gasteiger partial charge in [0.2, 0.25) is 0 Å². The molecule has 0 atom stereocenters. The molecule has 0 N–H and O–H groups in total. The summed E-state index contributed by atoms with van der Waals surface area (Å²) >= 11 is 5.81. The van der Waals surface area contributed by atoms with Crippen LogP contribution in [0.2, 0.25) is 5.02 Å². The van der Waals surface area contributed by atoms with Crippen LogP contribution in [0, 0.1) is 0 Å². The maximum absolute atomic E-state index is 5.86. The first kappa shape index (κ1) is 9.35. The van der Waals surface area contributed by atoms with Crippen molar-refractivity contribution in [3.05, 3.63) is 53.6 Å². The molecule has 0 spiro atoms. The van der Waals surface area contributed by atoms with Gasteiger partial charge in [-0.3, -0.25) is 0 Å². The highest BCUT2D eigenvalue weighted by Crippen LogP contribution is 2.19. The quantitative estimate of drug-likeness (QED) is 0.618. The van der Waals surface area contributed by atoms with Crippen molar-refractivity contribution in [2.24, 2.45) is 0 Å². The van der Waals surface area contributed by atoms with Crippen LogP contribution in [-0.4, -0.2) is 7.85 Å². The first-order valence-corrected chi connectivity index (χ1v) is 4.75. The summed E-state index contributed by atoms with van der Waals surface area (Å²) in [6.45, 7) is 0. The fraction of sp³-hybridized carbons (Fsp3) is 0. The van der Waals surface area contributed by atoms with Gasteiger partial charge in [0.15, 0.2) is 0 Å². The molecule has 2 aromatic carbocycles. The lowest BCUT2D eigenvalue weighted by molar-refractivity contribution is 1.65. The average Bonchev–Trinajstić information content (AvgIpc) is 2.20. The summed E-state index contributed by atoms with van der Waals surface area (Å²) in [6, 6.07) is 15.5. The number of hydrogen-bond acceptors (Lipinski definition) is 0. The summed E-state index contributed by atoms with van der Waals surface area (Å²) in [6.07, 6.45) is 0. The maximum Gasteiger partial charge on any atom is 0.114 e. The third-order valence-corrected chi connectivity index (χ3v) is 2.37. The number of rotatable bonds is 1. The summed E-state index contributed by atoms with van der Waals surface area (Å²) in [4.78, 5) is 0. The molecule has 0 aliphatic carbocycles. The van der Waals surface area contributed by atoms with Gasteiger partial charge in [-0.15, -0.1) is 0 Å². The highest BCUT2D eigenvalue weighted by atomic mass is 35.5. The van der Waals surface area contributed by atoms with E-state index in [0.717, 1.165) is 21.6 Å². The monoisotopic (exact) mass is 198 g/mol. The lowest BCUT2D eigenvalue weighted by Crippen LogP contribution is -2.04. The van der Waals surface area contributed by atoms with Crippen LogP contribution in [-0.2, 0) is 0 Å². The summed E-state index contributed by atoms with van der Waals surface area (Å²) in [5, 5.41) is 0.739. The van der Waals surface area contributed by atoms with Crippen molar-refractivity contribution in [1.82, 2.24) is 0 Å². The van der Waals surface area contributed by atoms with Crippen LogP contribution < -0.4 is 5.46 Å². The van der Waals surface area contributed by atoms with E-state index in [0.29, 0.717) is 0 Å². The Labute approximate surface area is 89.9 Å². The molecule has 2 radical (unpaired) electrons. The second kappa shape index (κ2) is 3.89. The van der Waals surface area contributed by atoms with Gasteiger partial charge in [-0.2, -0.15) is 0 Å². The van der Waals surface area contributed by atoms with Crippen LogP contribution in [0.1, 0.15) is 0 Å². The average molecular weight is 198 g/mol. The number of hydrogen-bond donors (Lipinski definition) is 0. The zero-order valence-electron chi connectivity index (χ0n) is 7.57. The Balaban J connectivity index is 2.50. The molecule has 2 rings (SSSR count). The number of benzene rings is 2. The standard InChI is InChI=1S/C12H8BCl/c13-12-4-2-1-3-11(12)9-5-7-10(14)8-6-9/h1-8H. The fourth-order valence-electron chi connectivity index (χ4n) is 1.39. The molecule has 66 valence electrons. The number of halogens is 1. The van der Waals surface area contributed by atoms with Crippen molar-refractivity contribution in [3.8, 4) is 11.1 Å². The summed E-state index contributed by atoms with van der Waals surface area (Å²) in [5.41, 5.74) is 2.92. The Morgan fingerprint density at radius 2 is 1.50 bits per heavy atom.